The van der Waals surface area contributed by atoms with Crippen molar-refractivity contribution in [2.24, 2.45) is 0 Å². The van der Waals surface area contributed by atoms with Crippen LogP contribution in [0.4, 0.5) is 5.69 Å². The molecule has 1 aromatic rings. The minimum atomic E-state index is 0.725. The van der Waals surface area contributed by atoms with E-state index in [0.29, 0.717) is 0 Å². The Kier molecular flexibility index (Phi) is 4.55. The van der Waals surface area contributed by atoms with Crippen LogP contribution >= 0.6 is 0 Å². The maximum atomic E-state index is 5.14. The monoisotopic (exact) mass is 249 g/mol. The minimum Gasteiger partial charge on any atom is -0.383 e. The third-order valence-electron chi connectivity index (χ3n) is 3.30. The van der Waals surface area contributed by atoms with E-state index in [0.717, 1.165) is 31.4 Å². The summed E-state index contributed by atoms with van der Waals surface area (Å²) in [7, 11) is 3.84. The van der Waals surface area contributed by atoms with Crippen molar-refractivity contribution in [2.45, 2.75) is 32.4 Å². The summed E-state index contributed by atoms with van der Waals surface area (Å²) in [6, 6.07) is 2.88. The van der Waals surface area contributed by atoms with Crippen molar-refractivity contribution in [1.82, 2.24) is 10.3 Å². The fourth-order valence-corrected chi connectivity index (χ4v) is 1.96. The van der Waals surface area contributed by atoms with Gasteiger partial charge >= 0.3 is 0 Å². The zero-order valence-electron chi connectivity index (χ0n) is 11.6. The van der Waals surface area contributed by atoms with Gasteiger partial charge in [-0.2, -0.15) is 0 Å². The van der Waals surface area contributed by atoms with E-state index in [1.807, 2.05) is 13.1 Å². The summed E-state index contributed by atoms with van der Waals surface area (Å²) in [6.45, 7) is 4.58. The molecule has 0 aliphatic heterocycles. The van der Waals surface area contributed by atoms with Crippen LogP contribution in [0, 0.1) is 6.92 Å². The van der Waals surface area contributed by atoms with Gasteiger partial charge in [0.2, 0.25) is 0 Å². The van der Waals surface area contributed by atoms with Gasteiger partial charge < -0.3 is 15.0 Å². The zero-order chi connectivity index (χ0) is 13.0. The number of nitrogens with zero attached hydrogens (tertiary/aromatic N) is 2. The standard InChI is InChI=1S/C14H23N3O/c1-11-8-14(17(2)6-7-18-3)12(9-15-11)10-16-13-4-5-13/h8-9,13,16H,4-7,10H2,1-3H3. The molecule has 1 aliphatic rings. The summed E-state index contributed by atoms with van der Waals surface area (Å²) in [4.78, 5) is 6.64. The van der Waals surface area contributed by atoms with Gasteiger partial charge in [-0.1, -0.05) is 0 Å². The molecule has 0 saturated heterocycles. The van der Waals surface area contributed by atoms with Crippen LogP contribution in [0.3, 0.4) is 0 Å². The number of anilines is 1. The Morgan fingerprint density at radius 2 is 2.28 bits per heavy atom. The van der Waals surface area contributed by atoms with Crippen molar-refractivity contribution in [3.05, 3.63) is 23.5 Å². The smallest absolute Gasteiger partial charge is 0.0637 e. The Hall–Kier alpha value is -1.13. The first-order valence-electron chi connectivity index (χ1n) is 6.59. The summed E-state index contributed by atoms with van der Waals surface area (Å²) in [5.41, 5.74) is 3.59. The molecular formula is C14H23N3O. The van der Waals surface area contributed by atoms with Crippen molar-refractivity contribution < 1.29 is 4.74 Å². The molecule has 0 spiro atoms. The lowest BCUT2D eigenvalue weighted by atomic mass is 10.2. The first-order chi connectivity index (χ1) is 8.70. The van der Waals surface area contributed by atoms with Crippen molar-refractivity contribution in [3.63, 3.8) is 0 Å². The first-order valence-corrected chi connectivity index (χ1v) is 6.59. The molecule has 0 bridgehead atoms. The molecule has 0 aromatic carbocycles. The predicted molar refractivity (Wildman–Crippen MR) is 74.0 cm³/mol. The number of methoxy groups -OCH3 is 1. The minimum absolute atomic E-state index is 0.725. The van der Waals surface area contributed by atoms with Crippen LogP contribution in [-0.2, 0) is 11.3 Å². The van der Waals surface area contributed by atoms with E-state index in [9.17, 15) is 0 Å². The average molecular weight is 249 g/mol. The lowest BCUT2D eigenvalue weighted by Crippen LogP contribution is -2.25. The van der Waals surface area contributed by atoms with Crippen LogP contribution in [0.5, 0.6) is 0 Å². The van der Waals surface area contributed by atoms with Crippen LogP contribution in [0.2, 0.25) is 0 Å². The lowest BCUT2D eigenvalue weighted by molar-refractivity contribution is 0.206. The fraction of sp³-hybridized carbons (Fsp3) is 0.643. The highest BCUT2D eigenvalue weighted by Crippen LogP contribution is 2.23. The second kappa shape index (κ2) is 6.16. The van der Waals surface area contributed by atoms with E-state index in [4.69, 9.17) is 4.74 Å². The Morgan fingerprint density at radius 3 is 2.94 bits per heavy atom. The molecule has 4 nitrogen and oxygen atoms in total. The fourth-order valence-electron chi connectivity index (χ4n) is 1.96. The summed E-state index contributed by atoms with van der Waals surface area (Å²) in [6.07, 6.45) is 4.62. The molecule has 0 amide bonds. The van der Waals surface area contributed by atoms with Crippen molar-refractivity contribution in [1.29, 1.82) is 0 Å². The van der Waals surface area contributed by atoms with Crippen LogP contribution < -0.4 is 10.2 Å². The van der Waals surface area contributed by atoms with Gasteiger partial charge in [-0.05, 0) is 25.8 Å². The van der Waals surface area contributed by atoms with Gasteiger partial charge in [0.15, 0.2) is 0 Å². The number of nitrogens with one attached hydrogen (secondary N) is 1. The van der Waals surface area contributed by atoms with Crippen LogP contribution in [0.1, 0.15) is 24.1 Å². The number of likely N-dealkylation sites (N-methyl/N-ethyl adjacent to an activating group) is 1. The molecule has 1 saturated carbocycles. The predicted octanol–water partition coefficient (Wildman–Crippen LogP) is 1.72. The Labute approximate surface area is 109 Å². The van der Waals surface area contributed by atoms with E-state index >= 15 is 0 Å². The maximum absolute atomic E-state index is 5.14. The second-order valence-corrected chi connectivity index (χ2v) is 5.02. The summed E-state index contributed by atoms with van der Waals surface area (Å²) < 4.78 is 5.14. The molecule has 0 unspecified atom stereocenters. The van der Waals surface area contributed by atoms with Crippen LogP contribution in [0.15, 0.2) is 12.3 Å². The number of pyridine rings is 1. The van der Waals surface area contributed by atoms with Gasteiger partial charge in [0.1, 0.15) is 0 Å². The molecule has 0 radical (unpaired) electrons. The lowest BCUT2D eigenvalue weighted by Gasteiger charge is -2.22. The molecule has 1 aromatic heterocycles. The molecule has 1 N–H and O–H groups in total. The van der Waals surface area contributed by atoms with Gasteiger partial charge in [0.25, 0.3) is 0 Å². The normalized spacial score (nSPS) is 14.8. The van der Waals surface area contributed by atoms with Gasteiger partial charge in [-0.3, -0.25) is 4.98 Å². The largest absolute Gasteiger partial charge is 0.383 e. The molecule has 18 heavy (non-hydrogen) atoms. The molecule has 100 valence electrons. The molecule has 1 fully saturated rings. The summed E-state index contributed by atoms with van der Waals surface area (Å²) in [5, 5.41) is 3.55. The van der Waals surface area contributed by atoms with Crippen molar-refractivity contribution in [3.8, 4) is 0 Å². The van der Waals surface area contributed by atoms with Gasteiger partial charge in [-0.15, -0.1) is 0 Å². The molecular weight excluding hydrogens is 226 g/mol. The third-order valence-corrected chi connectivity index (χ3v) is 3.30. The van der Waals surface area contributed by atoms with Gasteiger partial charge in [0.05, 0.1) is 6.61 Å². The summed E-state index contributed by atoms with van der Waals surface area (Å²) >= 11 is 0. The SMILES string of the molecule is COCCN(C)c1cc(C)ncc1CNC1CC1. The first kappa shape index (κ1) is 13.3. The topological polar surface area (TPSA) is 37.4 Å². The van der Waals surface area contributed by atoms with Gasteiger partial charge in [0, 0.05) is 56.4 Å². The highest BCUT2D eigenvalue weighted by Gasteiger charge is 2.20. The molecule has 1 heterocycles. The van der Waals surface area contributed by atoms with Crippen molar-refractivity contribution in [2.75, 3.05) is 32.2 Å². The van der Waals surface area contributed by atoms with E-state index in [2.05, 4.69) is 28.3 Å². The Morgan fingerprint density at radius 1 is 1.50 bits per heavy atom. The number of aryl methyl sites for hydroxylation is 1. The van der Waals surface area contributed by atoms with Gasteiger partial charge in [-0.25, -0.2) is 0 Å². The number of hydrogen-bond acceptors (Lipinski definition) is 4. The molecule has 4 heteroatoms. The number of ether oxygens (including phenoxy) is 1. The number of hydrogen-bond donors (Lipinski definition) is 1. The molecule has 2 rings (SSSR count). The molecule has 1 aliphatic carbocycles. The van der Waals surface area contributed by atoms with E-state index in [1.165, 1.54) is 24.1 Å². The van der Waals surface area contributed by atoms with Crippen LogP contribution in [-0.4, -0.2) is 38.3 Å². The number of rotatable bonds is 7. The second-order valence-electron chi connectivity index (χ2n) is 5.02. The van der Waals surface area contributed by atoms with E-state index in [1.54, 1.807) is 7.11 Å². The third kappa shape index (κ3) is 3.68. The average Bonchev–Trinajstić information content (AvgIpc) is 3.18. The quantitative estimate of drug-likeness (QED) is 0.798. The Bertz CT molecular complexity index is 391. The van der Waals surface area contributed by atoms with E-state index < -0.39 is 0 Å². The van der Waals surface area contributed by atoms with Crippen molar-refractivity contribution >= 4 is 5.69 Å². The number of aromatic nitrogens is 1. The highest BCUT2D eigenvalue weighted by atomic mass is 16.5. The summed E-state index contributed by atoms with van der Waals surface area (Å²) in [5.74, 6) is 0. The highest BCUT2D eigenvalue weighted by molar-refractivity contribution is 5.53. The van der Waals surface area contributed by atoms with Crippen LogP contribution in [0.25, 0.3) is 0 Å². The molecule has 0 atom stereocenters. The zero-order valence-corrected chi connectivity index (χ0v) is 11.6. The maximum Gasteiger partial charge on any atom is 0.0637 e. The van der Waals surface area contributed by atoms with E-state index in [-0.39, 0.29) is 0 Å². The Balaban J connectivity index is 2.05.